The first kappa shape index (κ1) is 15.7. The van der Waals surface area contributed by atoms with Gasteiger partial charge in [-0.2, -0.15) is 11.3 Å². The fourth-order valence-electron chi connectivity index (χ4n) is 1.75. The Hall–Kier alpha value is -1.68. The molecule has 3 N–H and O–H groups in total. The van der Waals surface area contributed by atoms with E-state index >= 15 is 0 Å². The SMILES string of the molecule is Cn1cc(S(=O)(=O)NCC(O)c2ccsc2)cc1C(=O)O. The van der Waals surface area contributed by atoms with Gasteiger partial charge in [0.15, 0.2) is 0 Å². The predicted molar refractivity (Wildman–Crippen MR) is 76.8 cm³/mol. The molecule has 0 aromatic carbocycles. The van der Waals surface area contributed by atoms with E-state index in [9.17, 15) is 18.3 Å². The molecule has 0 aliphatic heterocycles. The highest BCUT2D eigenvalue weighted by Gasteiger charge is 2.21. The van der Waals surface area contributed by atoms with Crippen LogP contribution in [0.3, 0.4) is 0 Å². The van der Waals surface area contributed by atoms with Gasteiger partial charge in [-0.05, 0) is 28.5 Å². The average molecular weight is 330 g/mol. The molecule has 2 heterocycles. The van der Waals surface area contributed by atoms with E-state index in [1.165, 1.54) is 29.1 Å². The summed E-state index contributed by atoms with van der Waals surface area (Å²) in [6.45, 7) is -0.184. The number of aromatic carboxylic acids is 1. The van der Waals surface area contributed by atoms with E-state index in [1.54, 1.807) is 16.8 Å². The maximum Gasteiger partial charge on any atom is 0.352 e. The van der Waals surface area contributed by atoms with Gasteiger partial charge in [-0.3, -0.25) is 0 Å². The Morgan fingerprint density at radius 3 is 2.76 bits per heavy atom. The van der Waals surface area contributed by atoms with E-state index in [-0.39, 0.29) is 17.1 Å². The molecular weight excluding hydrogens is 316 g/mol. The second kappa shape index (κ2) is 5.98. The summed E-state index contributed by atoms with van der Waals surface area (Å²) in [7, 11) is -2.43. The zero-order valence-corrected chi connectivity index (χ0v) is 12.7. The van der Waals surface area contributed by atoms with Crippen LogP contribution in [0.25, 0.3) is 0 Å². The Labute approximate surface area is 125 Å². The molecule has 0 amide bonds. The maximum atomic E-state index is 12.1. The third kappa shape index (κ3) is 3.50. The molecule has 2 aromatic rings. The average Bonchev–Trinajstić information content (AvgIpc) is 3.05. The summed E-state index contributed by atoms with van der Waals surface area (Å²) in [6.07, 6.45) is 0.261. The minimum atomic E-state index is -3.87. The summed E-state index contributed by atoms with van der Waals surface area (Å²) >= 11 is 1.40. The number of carboxylic acid groups (broad SMARTS) is 1. The monoisotopic (exact) mass is 330 g/mol. The third-order valence-corrected chi connectivity index (χ3v) is 5.00. The highest BCUT2D eigenvalue weighted by atomic mass is 32.2. The first-order valence-electron chi connectivity index (χ1n) is 5.91. The van der Waals surface area contributed by atoms with E-state index in [4.69, 9.17) is 5.11 Å². The Morgan fingerprint density at radius 2 is 2.24 bits per heavy atom. The van der Waals surface area contributed by atoms with Crippen molar-refractivity contribution in [3.05, 3.63) is 40.3 Å². The molecule has 2 rings (SSSR count). The molecule has 1 atom stereocenters. The first-order chi connectivity index (χ1) is 9.81. The van der Waals surface area contributed by atoms with Crippen molar-refractivity contribution in [3.63, 3.8) is 0 Å². The van der Waals surface area contributed by atoms with E-state index in [2.05, 4.69) is 4.72 Å². The lowest BCUT2D eigenvalue weighted by Crippen LogP contribution is -2.28. The van der Waals surface area contributed by atoms with Gasteiger partial charge in [0, 0.05) is 19.8 Å². The maximum absolute atomic E-state index is 12.1. The fraction of sp³-hybridized carbons (Fsp3) is 0.250. The van der Waals surface area contributed by atoms with Crippen LogP contribution in [-0.4, -0.2) is 35.7 Å². The summed E-state index contributed by atoms with van der Waals surface area (Å²) in [5.41, 5.74) is 0.496. The van der Waals surface area contributed by atoms with Crippen LogP contribution >= 0.6 is 11.3 Å². The van der Waals surface area contributed by atoms with Crippen molar-refractivity contribution in [2.45, 2.75) is 11.0 Å². The van der Waals surface area contributed by atoms with Crippen molar-refractivity contribution >= 4 is 27.3 Å². The number of aromatic nitrogens is 1. The van der Waals surface area contributed by atoms with Crippen LogP contribution in [0.4, 0.5) is 0 Å². The van der Waals surface area contributed by atoms with E-state index in [0.29, 0.717) is 5.56 Å². The lowest BCUT2D eigenvalue weighted by molar-refractivity contribution is 0.0686. The number of aliphatic hydroxyl groups is 1. The zero-order valence-electron chi connectivity index (χ0n) is 11.1. The van der Waals surface area contributed by atoms with Crippen LogP contribution in [0.2, 0.25) is 0 Å². The van der Waals surface area contributed by atoms with Crippen LogP contribution in [0.15, 0.2) is 34.0 Å². The molecule has 7 nitrogen and oxygen atoms in total. The molecule has 21 heavy (non-hydrogen) atoms. The van der Waals surface area contributed by atoms with Crippen molar-refractivity contribution in [3.8, 4) is 0 Å². The van der Waals surface area contributed by atoms with Gasteiger partial charge < -0.3 is 14.8 Å². The van der Waals surface area contributed by atoms with Crippen molar-refractivity contribution in [1.82, 2.24) is 9.29 Å². The van der Waals surface area contributed by atoms with Gasteiger partial charge in [-0.25, -0.2) is 17.9 Å². The third-order valence-electron chi connectivity index (χ3n) is 2.90. The Bertz CT molecular complexity index is 734. The van der Waals surface area contributed by atoms with Crippen molar-refractivity contribution < 1.29 is 23.4 Å². The normalized spacial score (nSPS) is 13.2. The molecule has 0 spiro atoms. The van der Waals surface area contributed by atoms with Crippen LogP contribution in [-0.2, 0) is 17.1 Å². The number of rotatable bonds is 6. The lowest BCUT2D eigenvalue weighted by Gasteiger charge is -2.10. The van der Waals surface area contributed by atoms with Crippen molar-refractivity contribution in [1.29, 1.82) is 0 Å². The Balaban J connectivity index is 2.12. The molecule has 0 aliphatic carbocycles. The van der Waals surface area contributed by atoms with Crippen LogP contribution < -0.4 is 4.72 Å². The highest BCUT2D eigenvalue weighted by Crippen LogP contribution is 2.17. The Morgan fingerprint density at radius 1 is 1.52 bits per heavy atom. The van der Waals surface area contributed by atoms with Gasteiger partial charge in [0.2, 0.25) is 10.0 Å². The molecular formula is C12H14N2O5S2. The first-order valence-corrected chi connectivity index (χ1v) is 8.33. The van der Waals surface area contributed by atoms with Gasteiger partial charge in [-0.15, -0.1) is 0 Å². The van der Waals surface area contributed by atoms with E-state index in [1.807, 2.05) is 0 Å². The molecule has 9 heteroatoms. The summed E-state index contributed by atoms with van der Waals surface area (Å²) in [5.74, 6) is -1.21. The predicted octanol–water partition coefficient (Wildman–Crippen LogP) is 0.797. The molecule has 1 unspecified atom stereocenters. The topological polar surface area (TPSA) is 109 Å². The molecule has 0 bridgehead atoms. The van der Waals surface area contributed by atoms with Gasteiger partial charge in [-0.1, -0.05) is 0 Å². The summed E-state index contributed by atoms with van der Waals surface area (Å²) in [5, 5.41) is 22.3. The second-order valence-electron chi connectivity index (χ2n) is 4.40. The van der Waals surface area contributed by atoms with Crippen molar-refractivity contribution in [2.75, 3.05) is 6.54 Å². The summed E-state index contributed by atoms with van der Waals surface area (Å²) in [4.78, 5) is 10.8. The van der Waals surface area contributed by atoms with Gasteiger partial charge >= 0.3 is 5.97 Å². The second-order valence-corrected chi connectivity index (χ2v) is 6.95. The van der Waals surface area contributed by atoms with Crippen LogP contribution in [0.1, 0.15) is 22.2 Å². The molecule has 114 valence electrons. The number of aliphatic hydroxyl groups excluding tert-OH is 1. The molecule has 2 aromatic heterocycles. The number of carbonyl (C=O) groups is 1. The standard InChI is InChI=1S/C12H14N2O5S2/c1-14-6-9(4-10(14)12(16)17)21(18,19)13-5-11(15)8-2-3-20-7-8/h2-4,6-7,11,13,15H,5H2,1H3,(H,16,17). The van der Waals surface area contributed by atoms with Crippen LogP contribution in [0, 0.1) is 0 Å². The number of hydrogen-bond donors (Lipinski definition) is 3. The number of sulfonamides is 1. The Kier molecular flexibility index (Phi) is 4.47. The quantitative estimate of drug-likeness (QED) is 0.726. The number of nitrogens with zero attached hydrogens (tertiary/aromatic N) is 1. The molecule has 0 radical (unpaired) electrons. The fourth-order valence-corrected chi connectivity index (χ4v) is 3.56. The number of aryl methyl sites for hydroxylation is 1. The number of carboxylic acids is 1. The molecule has 0 fully saturated rings. The number of hydrogen-bond acceptors (Lipinski definition) is 5. The van der Waals surface area contributed by atoms with E-state index in [0.717, 1.165) is 6.07 Å². The number of thiophene rings is 1. The van der Waals surface area contributed by atoms with Crippen molar-refractivity contribution in [2.24, 2.45) is 7.05 Å². The highest BCUT2D eigenvalue weighted by molar-refractivity contribution is 7.89. The number of nitrogens with one attached hydrogen (secondary N) is 1. The van der Waals surface area contributed by atoms with Gasteiger partial charge in [0.1, 0.15) is 10.6 Å². The lowest BCUT2D eigenvalue weighted by atomic mass is 10.2. The molecule has 0 saturated carbocycles. The summed E-state index contributed by atoms with van der Waals surface area (Å²) < 4.78 is 27.6. The zero-order chi connectivity index (χ0) is 15.6. The summed E-state index contributed by atoms with van der Waals surface area (Å²) in [6, 6.07) is 2.77. The van der Waals surface area contributed by atoms with E-state index < -0.39 is 22.1 Å². The smallest absolute Gasteiger partial charge is 0.352 e. The van der Waals surface area contributed by atoms with Crippen LogP contribution in [0.5, 0.6) is 0 Å². The minimum absolute atomic E-state index is 0.131. The van der Waals surface area contributed by atoms with Gasteiger partial charge in [0.05, 0.1) is 6.10 Å². The largest absolute Gasteiger partial charge is 0.477 e. The molecule has 0 aliphatic rings. The minimum Gasteiger partial charge on any atom is -0.477 e. The van der Waals surface area contributed by atoms with Gasteiger partial charge in [0.25, 0.3) is 0 Å². The molecule has 0 saturated heterocycles.